The lowest BCUT2D eigenvalue weighted by Crippen LogP contribution is -2.04. The standard InChI is InChI=1S/C13H10N4O2S/c18-17(19)13-10(4-5-11-12(13)16-8-20-11)15-7-9-3-1-2-6-14-9/h1-6,8,15H,7H2. The summed E-state index contributed by atoms with van der Waals surface area (Å²) in [6.45, 7) is 0.428. The molecule has 2 aromatic heterocycles. The Morgan fingerprint density at radius 3 is 2.90 bits per heavy atom. The lowest BCUT2D eigenvalue weighted by atomic mass is 10.2. The second kappa shape index (κ2) is 5.22. The van der Waals surface area contributed by atoms with E-state index in [0.717, 1.165) is 10.4 Å². The number of nitro groups is 1. The first-order valence-corrected chi connectivity index (χ1v) is 6.78. The van der Waals surface area contributed by atoms with Crippen molar-refractivity contribution in [2.45, 2.75) is 6.54 Å². The molecule has 2 heterocycles. The smallest absolute Gasteiger partial charge is 0.319 e. The Labute approximate surface area is 118 Å². The summed E-state index contributed by atoms with van der Waals surface area (Å²) in [6, 6.07) is 9.11. The van der Waals surface area contributed by atoms with Gasteiger partial charge in [0.25, 0.3) is 0 Å². The molecule has 1 N–H and O–H groups in total. The minimum Gasteiger partial charge on any atom is -0.374 e. The van der Waals surface area contributed by atoms with Gasteiger partial charge < -0.3 is 5.32 Å². The molecule has 0 saturated carbocycles. The van der Waals surface area contributed by atoms with Gasteiger partial charge in [0.05, 0.1) is 27.4 Å². The van der Waals surface area contributed by atoms with Crippen molar-refractivity contribution in [3.63, 3.8) is 0 Å². The largest absolute Gasteiger partial charge is 0.374 e. The minimum absolute atomic E-state index is 0.0136. The van der Waals surface area contributed by atoms with Crippen LogP contribution >= 0.6 is 11.3 Å². The SMILES string of the molecule is O=[N+]([O-])c1c(NCc2ccccn2)ccc2scnc12. The predicted octanol–water partition coefficient (Wildman–Crippen LogP) is 3.21. The van der Waals surface area contributed by atoms with Crippen molar-refractivity contribution < 1.29 is 4.92 Å². The zero-order chi connectivity index (χ0) is 13.9. The van der Waals surface area contributed by atoms with E-state index in [-0.39, 0.29) is 5.69 Å². The van der Waals surface area contributed by atoms with E-state index < -0.39 is 4.92 Å². The van der Waals surface area contributed by atoms with Crippen LogP contribution < -0.4 is 5.32 Å². The van der Waals surface area contributed by atoms with E-state index in [9.17, 15) is 10.1 Å². The molecule has 0 spiro atoms. The van der Waals surface area contributed by atoms with Crippen LogP contribution in [0.3, 0.4) is 0 Å². The van der Waals surface area contributed by atoms with Gasteiger partial charge in [-0.05, 0) is 24.3 Å². The van der Waals surface area contributed by atoms with E-state index in [2.05, 4.69) is 15.3 Å². The molecule has 0 atom stereocenters. The molecule has 7 heteroatoms. The summed E-state index contributed by atoms with van der Waals surface area (Å²) >= 11 is 1.39. The van der Waals surface area contributed by atoms with Gasteiger partial charge in [-0.25, -0.2) is 4.98 Å². The molecule has 3 aromatic rings. The molecule has 6 nitrogen and oxygen atoms in total. The molecule has 3 rings (SSSR count). The summed E-state index contributed by atoms with van der Waals surface area (Å²) in [4.78, 5) is 19.1. The molecule has 0 saturated heterocycles. The summed E-state index contributed by atoms with van der Waals surface area (Å²) in [5.41, 5.74) is 3.32. The molecule has 0 aliphatic carbocycles. The Bertz CT molecular complexity index is 757. The van der Waals surface area contributed by atoms with E-state index in [1.165, 1.54) is 11.3 Å². The number of nitrogens with zero attached hydrogens (tertiary/aromatic N) is 3. The van der Waals surface area contributed by atoms with Crippen LogP contribution in [0.1, 0.15) is 5.69 Å². The summed E-state index contributed by atoms with van der Waals surface area (Å²) in [6.07, 6.45) is 1.69. The third-order valence-corrected chi connectivity index (χ3v) is 3.64. The number of pyridine rings is 1. The average molecular weight is 286 g/mol. The average Bonchev–Trinajstić information content (AvgIpc) is 2.93. The highest BCUT2D eigenvalue weighted by molar-refractivity contribution is 7.16. The second-order valence-corrected chi connectivity index (χ2v) is 4.98. The van der Waals surface area contributed by atoms with Crippen molar-refractivity contribution in [3.05, 3.63) is 57.8 Å². The van der Waals surface area contributed by atoms with Gasteiger partial charge >= 0.3 is 5.69 Å². The Morgan fingerprint density at radius 1 is 1.25 bits per heavy atom. The van der Waals surface area contributed by atoms with Crippen molar-refractivity contribution in [2.24, 2.45) is 0 Å². The number of fused-ring (bicyclic) bond motifs is 1. The fraction of sp³-hybridized carbons (Fsp3) is 0.0769. The summed E-state index contributed by atoms with van der Waals surface area (Å²) in [5.74, 6) is 0. The van der Waals surface area contributed by atoms with Gasteiger partial charge in [0.15, 0.2) is 5.52 Å². The molecule has 100 valence electrons. The highest BCUT2D eigenvalue weighted by Gasteiger charge is 2.20. The third-order valence-electron chi connectivity index (χ3n) is 2.84. The lowest BCUT2D eigenvalue weighted by molar-refractivity contribution is -0.382. The van der Waals surface area contributed by atoms with E-state index in [1.807, 2.05) is 24.3 Å². The van der Waals surface area contributed by atoms with Crippen LogP contribution in [0.4, 0.5) is 11.4 Å². The first-order chi connectivity index (χ1) is 9.75. The monoisotopic (exact) mass is 286 g/mol. The number of nitro benzene ring substituents is 1. The van der Waals surface area contributed by atoms with Gasteiger partial charge in [-0.1, -0.05) is 6.07 Å². The van der Waals surface area contributed by atoms with Crippen LogP contribution in [-0.4, -0.2) is 14.9 Å². The van der Waals surface area contributed by atoms with E-state index in [0.29, 0.717) is 17.7 Å². The first kappa shape index (κ1) is 12.5. The van der Waals surface area contributed by atoms with Crippen molar-refractivity contribution in [1.82, 2.24) is 9.97 Å². The number of aromatic nitrogens is 2. The van der Waals surface area contributed by atoms with E-state index in [1.54, 1.807) is 17.8 Å². The lowest BCUT2D eigenvalue weighted by Gasteiger charge is -2.06. The van der Waals surface area contributed by atoms with Crippen LogP contribution in [0.5, 0.6) is 0 Å². The Kier molecular flexibility index (Phi) is 3.26. The number of rotatable bonds is 4. The molecule has 0 bridgehead atoms. The molecule has 1 aromatic carbocycles. The highest BCUT2D eigenvalue weighted by Crippen LogP contribution is 2.34. The summed E-state index contributed by atoms with van der Waals surface area (Å²) in [7, 11) is 0. The summed E-state index contributed by atoms with van der Waals surface area (Å²) in [5, 5.41) is 14.3. The fourth-order valence-electron chi connectivity index (χ4n) is 1.93. The van der Waals surface area contributed by atoms with Gasteiger partial charge in [-0.15, -0.1) is 11.3 Å². The van der Waals surface area contributed by atoms with Crippen LogP contribution in [0.25, 0.3) is 10.2 Å². The number of thiazole rings is 1. The van der Waals surface area contributed by atoms with E-state index >= 15 is 0 Å². The summed E-state index contributed by atoms with van der Waals surface area (Å²) < 4.78 is 0.806. The van der Waals surface area contributed by atoms with E-state index in [4.69, 9.17) is 0 Å². The number of benzene rings is 1. The quantitative estimate of drug-likeness (QED) is 0.588. The number of hydrogen-bond acceptors (Lipinski definition) is 6. The van der Waals surface area contributed by atoms with Crippen molar-refractivity contribution >= 4 is 32.9 Å². The van der Waals surface area contributed by atoms with Crippen molar-refractivity contribution in [1.29, 1.82) is 0 Å². The normalized spacial score (nSPS) is 10.6. The number of nitrogens with one attached hydrogen (secondary N) is 1. The molecular formula is C13H10N4O2S. The Morgan fingerprint density at radius 2 is 2.15 bits per heavy atom. The molecule has 0 radical (unpaired) electrons. The van der Waals surface area contributed by atoms with Crippen LogP contribution in [0.2, 0.25) is 0 Å². The molecule has 0 fully saturated rings. The maximum absolute atomic E-state index is 11.3. The van der Waals surface area contributed by atoms with Crippen molar-refractivity contribution in [3.8, 4) is 0 Å². The minimum atomic E-state index is -0.400. The second-order valence-electron chi connectivity index (χ2n) is 4.09. The Hall–Kier alpha value is -2.54. The molecule has 20 heavy (non-hydrogen) atoms. The number of anilines is 1. The fourth-order valence-corrected chi connectivity index (χ4v) is 2.61. The predicted molar refractivity (Wildman–Crippen MR) is 77.8 cm³/mol. The van der Waals surface area contributed by atoms with Crippen LogP contribution in [0, 0.1) is 10.1 Å². The zero-order valence-corrected chi connectivity index (χ0v) is 11.1. The maximum Gasteiger partial charge on any atom is 0.319 e. The zero-order valence-electron chi connectivity index (χ0n) is 10.3. The van der Waals surface area contributed by atoms with Gasteiger partial charge in [-0.3, -0.25) is 15.1 Å². The molecule has 0 aliphatic rings. The van der Waals surface area contributed by atoms with Crippen LogP contribution in [0.15, 0.2) is 42.0 Å². The Balaban J connectivity index is 1.94. The molecule has 0 aliphatic heterocycles. The molecule has 0 amide bonds. The topological polar surface area (TPSA) is 81.0 Å². The molecular weight excluding hydrogens is 276 g/mol. The van der Waals surface area contributed by atoms with Gasteiger partial charge in [0.2, 0.25) is 0 Å². The first-order valence-electron chi connectivity index (χ1n) is 5.90. The van der Waals surface area contributed by atoms with Gasteiger partial charge in [-0.2, -0.15) is 0 Å². The van der Waals surface area contributed by atoms with Gasteiger partial charge in [0, 0.05) is 6.20 Å². The van der Waals surface area contributed by atoms with Gasteiger partial charge in [0.1, 0.15) is 5.69 Å². The maximum atomic E-state index is 11.3. The van der Waals surface area contributed by atoms with Crippen molar-refractivity contribution in [2.75, 3.05) is 5.32 Å². The van der Waals surface area contributed by atoms with Crippen LogP contribution in [-0.2, 0) is 6.54 Å². The highest BCUT2D eigenvalue weighted by atomic mass is 32.1. The molecule has 0 unspecified atom stereocenters. The number of hydrogen-bond donors (Lipinski definition) is 1. The third kappa shape index (κ3) is 2.30.